The molecule has 0 aliphatic heterocycles. The van der Waals surface area contributed by atoms with Crippen molar-refractivity contribution in [2.24, 2.45) is 5.73 Å². The summed E-state index contributed by atoms with van der Waals surface area (Å²) in [6.45, 7) is 7.50. The highest BCUT2D eigenvalue weighted by Crippen LogP contribution is 2.17. The Bertz CT molecular complexity index is 385. The molecule has 3 N–H and O–H groups in total. The van der Waals surface area contributed by atoms with E-state index < -0.39 is 6.10 Å². The van der Waals surface area contributed by atoms with Gasteiger partial charge in [0.15, 0.2) is 6.10 Å². The number of nitrogens with one attached hydrogen (secondary N) is 1. The number of hydrogen-bond acceptors (Lipinski definition) is 3. The number of ether oxygens (including phenoxy) is 1. The third kappa shape index (κ3) is 4.37. The molecule has 0 radical (unpaired) electrons. The molecule has 0 saturated carbocycles. The topological polar surface area (TPSA) is 64.3 Å². The molecule has 0 fully saturated rings. The van der Waals surface area contributed by atoms with Gasteiger partial charge in [-0.25, -0.2) is 0 Å². The summed E-state index contributed by atoms with van der Waals surface area (Å²) in [6, 6.07) is 7.60. The highest BCUT2D eigenvalue weighted by Gasteiger charge is 2.15. The Balaban J connectivity index is 2.59. The fourth-order valence-corrected chi connectivity index (χ4v) is 1.51. The number of amides is 1. The van der Waals surface area contributed by atoms with Crippen LogP contribution in [0.3, 0.4) is 0 Å². The van der Waals surface area contributed by atoms with Gasteiger partial charge in [-0.3, -0.25) is 4.79 Å². The molecule has 0 heterocycles. The average molecular weight is 250 g/mol. The van der Waals surface area contributed by atoms with E-state index in [1.54, 1.807) is 6.92 Å². The van der Waals surface area contributed by atoms with Crippen LogP contribution < -0.4 is 15.8 Å². The fourth-order valence-electron chi connectivity index (χ4n) is 1.51. The molecule has 0 saturated heterocycles. The van der Waals surface area contributed by atoms with Crippen molar-refractivity contribution in [1.82, 2.24) is 5.32 Å². The molecule has 1 aromatic carbocycles. The molecule has 1 rings (SSSR count). The van der Waals surface area contributed by atoms with Crippen LogP contribution in [0.2, 0.25) is 0 Å². The van der Waals surface area contributed by atoms with Gasteiger partial charge in [0, 0.05) is 12.1 Å². The second-order valence-electron chi connectivity index (χ2n) is 4.78. The molecule has 4 heteroatoms. The monoisotopic (exact) mass is 250 g/mol. The van der Waals surface area contributed by atoms with Crippen LogP contribution in [0.25, 0.3) is 0 Å². The number of carbonyl (C=O) groups is 1. The zero-order valence-electron chi connectivity index (χ0n) is 11.4. The summed E-state index contributed by atoms with van der Waals surface area (Å²) in [5.74, 6) is 0.562. The molecule has 0 aliphatic rings. The summed E-state index contributed by atoms with van der Waals surface area (Å²) in [4.78, 5) is 11.7. The molecule has 0 aromatic heterocycles. The Morgan fingerprint density at radius 1 is 1.17 bits per heavy atom. The van der Waals surface area contributed by atoms with Gasteiger partial charge in [0.2, 0.25) is 0 Å². The number of hydrogen-bond donors (Lipinski definition) is 2. The van der Waals surface area contributed by atoms with E-state index in [4.69, 9.17) is 10.5 Å². The van der Waals surface area contributed by atoms with Gasteiger partial charge < -0.3 is 15.8 Å². The third-order valence-corrected chi connectivity index (χ3v) is 2.52. The van der Waals surface area contributed by atoms with Crippen LogP contribution in [0.5, 0.6) is 5.75 Å². The Kier molecular flexibility index (Phi) is 5.16. The predicted octanol–water partition coefficient (Wildman–Crippen LogP) is 2.00. The van der Waals surface area contributed by atoms with Crippen molar-refractivity contribution in [1.29, 1.82) is 0 Å². The van der Waals surface area contributed by atoms with Crippen molar-refractivity contribution in [3.63, 3.8) is 0 Å². The van der Waals surface area contributed by atoms with Crippen LogP contribution in [-0.2, 0) is 4.79 Å². The smallest absolute Gasteiger partial charge is 0.260 e. The Morgan fingerprint density at radius 2 is 1.72 bits per heavy atom. The summed E-state index contributed by atoms with van der Waals surface area (Å²) in [5, 5.41) is 2.81. The quantitative estimate of drug-likeness (QED) is 0.840. The van der Waals surface area contributed by atoms with E-state index in [2.05, 4.69) is 5.32 Å². The minimum absolute atomic E-state index is 0.000660. The lowest BCUT2D eigenvalue weighted by atomic mass is 10.1. The number of nitrogens with two attached hydrogens (primary N) is 1. The maximum atomic E-state index is 11.7. The summed E-state index contributed by atoms with van der Waals surface area (Å²) in [6.07, 6.45) is -0.506. The summed E-state index contributed by atoms with van der Waals surface area (Å²) < 4.78 is 5.56. The molecule has 1 amide bonds. The van der Waals surface area contributed by atoms with Crippen LogP contribution >= 0.6 is 0 Å². The van der Waals surface area contributed by atoms with Gasteiger partial charge in [-0.15, -0.1) is 0 Å². The lowest BCUT2D eigenvalue weighted by Gasteiger charge is -2.16. The molecule has 1 aromatic rings. The minimum atomic E-state index is -0.506. The summed E-state index contributed by atoms with van der Waals surface area (Å²) in [5.41, 5.74) is 6.81. The zero-order chi connectivity index (χ0) is 13.7. The molecule has 2 atom stereocenters. The van der Waals surface area contributed by atoms with Gasteiger partial charge in [0.05, 0.1) is 0 Å². The van der Waals surface area contributed by atoms with Gasteiger partial charge in [-0.1, -0.05) is 12.1 Å². The van der Waals surface area contributed by atoms with E-state index in [-0.39, 0.29) is 18.0 Å². The van der Waals surface area contributed by atoms with Crippen LogP contribution in [0.1, 0.15) is 39.3 Å². The van der Waals surface area contributed by atoms with Crippen molar-refractivity contribution in [2.45, 2.75) is 45.9 Å². The molecular formula is C14H22N2O2. The van der Waals surface area contributed by atoms with E-state index in [9.17, 15) is 4.79 Å². The molecule has 4 nitrogen and oxygen atoms in total. The Morgan fingerprint density at radius 3 is 2.17 bits per heavy atom. The van der Waals surface area contributed by atoms with E-state index in [0.717, 1.165) is 5.56 Å². The summed E-state index contributed by atoms with van der Waals surface area (Å²) >= 11 is 0. The SMILES string of the molecule is CC(C)NC(=O)C(C)Oc1ccc([C@@H](C)N)cc1. The molecule has 18 heavy (non-hydrogen) atoms. The average Bonchev–Trinajstić information content (AvgIpc) is 2.28. The minimum Gasteiger partial charge on any atom is -0.481 e. The first kappa shape index (κ1) is 14.5. The van der Waals surface area contributed by atoms with Crippen molar-refractivity contribution in [2.75, 3.05) is 0 Å². The first-order valence-corrected chi connectivity index (χ1v) is 6.22. The number of benzene rings is 1. The van der Waals surface area contributed by atoms with Crippen molar-refractivity contribution in [3.8, 4) is 5.75 Å². The van der Waals surface area contributed by atoms with E-state index in [1.807, 2.05) is 45.0 Å². The van der Waals surface area contributed by atoms with Crippen molar-refractivity contribution >= 4 is 5.91 Å². The van der Waals surface area contributed by atoms with Crippen LogP contribution in [0.15, 0.2) is 24.3 Å². The van der Waals surface area contributed by atoms with Gasteiger partial charge in [0.1, 0.15) is 5.75 Å². The number of carbonyl (C=O) groups excluding carboxylic acids is 1. The molecule has 0 bridgehead atoms. The molecular weight excluding hydrogens is 228 g/mol. The maximum Gasteiger partial charge on any atom is 0.260 e. The van der Waals surface area contributed by atoms with Crippen LogP contribution in [0, 0.1) is 0 Å². The lowest BCUT2D eigenvalue weighted by Crippen LogP contribution is -2.40. The summed E-state index contributed by atoms with van der Waals surface area (Å²) in [7, 11) is 0. The van der Waals surface area contributed by atoms with Crippen molar-refractivity contribution < 1.29 is 9.53 Å². The maximum absolute atomic E-state index is 11.7. The highest BCUT2D eigenvalue weighted by atomic mass is 16.5. The van der Waals surface area contributed by atoms with Crippen LogP contribution in [-0.4, -0.2) is 18.1 Å². The van der Waals surface area contributed by atoms with Crippen LogP contribution in [0.4, 0.5) is 0 Å². The molecule has 100 valence electrons. The lowest BCUT2D eigenvalue weighted by molar-refractivity contribution is -0.127. The van der Waals surface area contributed by atoms with E-state index >= 15 is 0 Å². The number of rotatable bonds is 5. The fraction of sp³-hybridized carbons (Fsp3) is 0.500. The second-order valence-corrected chi connectivity index (χ2v) is 4.78. The Labute approximate surface area is 109 Å². The second kappa shape index (κ2) is 6.40. The standard InChI is InChI=1S/C14H22N2O2/c1-9(2)16-14(17)11(4)18-13-7-5-12(6-8-13)10(3)15/h5-11H,15H2,1-4H3,(H,16,17)/t10-,11?/m1/s1. The first-order chi connectivity index (χ1) is 8.40. The Hall–Kier alpha value is -1.55. The van der Waals surface area contributed by atoms with E-state index in [1.165, 1.54) is 0 Å². The molecule has 0 aliphatic carbocycles. The van der Waals surface area contributed by atoms with Gasteiger partial charge >= 0.3 is 0 Å². The predicted molar refractivity (Wildman–Crippen MR) is 72.4 cm³/mol. The normalized spacial score (nSPS) is 14.1. The van der Waals surface area contributed by atoms with Gasteiger partial charge in [-0.05, 0) is 45.4 Å². The zero-order valence-corrected chi connectivity index (χ0v) is 11.4. The van der Waals surface area contributed by atoms with Gasteiger partial charge in [-0.2, -0.15) is 0 Å². The van der Waals surface area contributed by atoms with Gasteiger partial charge in [0.25, 0.3) is 5.91 Å². The van der Waals surface area contributed by atoms with Crippen molar-refractivity contribution in [3.05, 3.63) is 29.8 Å². The highest BCUT2D eigenvalue weighted by molar-refractivity contribution is 5.80. The molecule has 0 spiro atoms. The molecule has 1 unspecified atom stereocenters. The largest absolute Gasteiger partial charge is 0.481 e. The van der Waals surface area contributed by atoms with E-state index in [0.29, 0.717) is 5.75 Å². The first-order valence-electron chi connectivity index (χ1n) is 6.22. The third-order valence-electron chi connectivity index (χ3n) is 2.52.